The van der Waals surface area contributed by atoms with Crippen LogP contribution in [-0.4, -0.2) is 54.8 Å². The maximum absolute atomic E-state index is 13.1. The van der Waals surface area contributed by atoms with Gasteiger partial charge >= 0.3 is 12.2 Å². The Morgan fingerprint density at radius 3 is 2.26 bits per heavy atom. The number of carbonyl (C=O) groups excluding carboxylic acids is 4. The highest BCUT2D eigenvalue weighted by molar-refractivity contribution is 5.90. The molecule has 208 valence electrons. The van der Waals surface area contributed by atoms with E-state index in [1.165, 1.54) is 0 Å². The van der Waals surface area contributed by atoms with Gasteiger partial charge in [-0.15, -0.1) is 0 Å². The van der Waals surface area contributed by atoms with Crippen LogP contribution in [0.1, 0.15) is 45.6 Å². The molecule has 0 aromatic heterocycles. The second-order valence-electron chi connectivity index (χ2n) is 9.53. The van der Waals surface area contributed by atoms with E-state index < -0.39 is 41.7 Å². The van der Waals surface area contributed by atoms with Gasteiger partial charge in [-0.3, -0.25) is 9.59 Å². The Kier molecular flexibility index (Phi) is 14.0. The third-order valence-electron chi connectivity index (χ3n) is 5.10. The fourth-order valence-corrected chi connectivity index (χ4v) is 3.26. The number of hydrogen-bond acceptors (Lipinski definition) is 6. The molecule has 0 radical (unpaired) electrons. The van der Waals surface area contributed by atoms with Crippen molar-refractivity contribution in [3.05, 3.63) is 72.9 Å². The average molecular weight is 529 g/mol. The molecular formula is C28H40N4O6. The molecule has 4 amide bonds. The molecule has 0 aliphatic rings. The summed E-state index contributed by atoms with van der Waals surface area (Å²) in [6, 6.07) is 7.21. The molecule has 0 aliphatic heterocycles. The van der Waals surface area contributed by atoms with Crippen LogP contribution < -0.4 is 21.7 Å². The average Bonchev–Trinajstić information content (AvgIpc) is 2.84. The van der Waals surface area contributed by atoms with Crippen LogP contribution in [-0.2, 0) is 25.5 Å². The smallest absolute Gasteiger partial charge is 0.408 e. The molecule has 1 rings (SSSR count). The first-order valence-electron chi connectivity index (χ1n) is 12.4. The molecule has 5 N–H and O–H groups in total. The van der Waals surface area contributed by atoms with Gasteiger partial charge in [-0.05, 0) is 51.2 Å². The number of hydrogen-bond donors (Lipinski definition) is 4. The highest BCUT2D eigenvalue weighted by atomic mass is 16.6. The second-order valence-corrected chi connectivity index (χ2v) is 9.53. The van der Waals surface area contributed by atoms with Crippen LogP contribution in [0.3, 0.4) is 0 Å². The van der Waals surface area contributed by atoms with E-state index in [1.807, 2.05) is 30.3 Å². The van der Waals surface area contributed by atoms with Crippen molar-refractivity contribution in [3.63, 3.8) is 0 Å². The van der Waals surface area contributed by atoms with Crippen LogP contribution in [0, 0.1) is 0 Å². The van der Waals surface area contributed by atoms with Crippen molar-refractivity contribution in [2.45, 2.75) is 64.1 Å². The molecule has 10 nitrogen and oxygen atoms in total. The number of nitrogens with one attached hydrogen (secondary N) is 3. The fourth-order valence-electron chi connectivity index (χ4n) is 3.26. The van der Waals surface area contributed by atoms with Gasteiger partial charge in [-0.2, -0.15) is 0 Å². The molecule has 0 heterocycles. The number of nitrogens with two attached hydrogens (primary N) is 1. The van der Waals surface area contributed by atoms with Crippen molar-refractivity contribution in [1.29, 1.82) is 0 Å². The molecule has 38 heavy (non-hydrogen) atoms. The largest absolute Gasteiger partial charge is 0.445 e. The Labute approximate surface area is 224 Å². The van der Waals surface area contributed by atoms with E-state index in [0.29, 0.717) is 25.0 Å². The third kappa shape index (κ3) is 13.9. The zero-order chi connectivity index (χ0) is 28.6. The zero-order valence-electron chi connectivity index (χ0n) is 22.5. The van der Waals surface area contributed by atoms with Crippen LogP contribution in [0.5, 0.6) is 0 Å². The summed E-state index contributed by atoms with van der Waals surface area (Å²) in [5.41, 5.74) is 6.30. The molecule has 10 heteroatoms. The molecular weight excluding hydrogens is 488 g/mol. The molecule has 1 aromatic carbocycles. The molecule has 0 saturated heterocycles. The molecule has 2 atom stereocenters. The molecule has 1 aromatic rings. The van der Waals surface area contributed by atoms with Crippen LogP contribution in [0.15, 0.2) is 67.3 Å². The van der Waals surface area contributed by atoms with Crippen molar-refractivity contribution in [2.24, 2.45) is 5.73 Å². The highest BCUT2D eigenvalue weighted by Crippen LogP contribution is 2.10. The van der Waals surface area contributed by atoms with Crippen LogP contribution in [0.25, 0.3) is 0 Å². The summed E-state index contributed by atoms with van der Waals surface area (Å²) in [5, 5.41) is 7.84. The van der Waals surface area contributed by atoms with Crippen LogP contribution in [0.2, 0.25) is 0 Å². The van der Waals surface area contributed by atoms with E-state index in [4.69, 9.17) is 15.2 Å². The van der Waals surface area contributed by atoms with E-state index >= 15 is 0 Å². The lowest BCUT2D eigenvalue weighted by atomic mass is 10.0. The number of rotatable bonds is 15. The van der Waals surface area contributed by atoms with E-state index in [2.05, 4.69) is 29.1 Å². The van der Waals surface area contributed by atoms with Crippen LogP contribution in [0.4, 0.5) is 9.59 Å². The summed E-state index contributed by atoms with van der Waals surface area (Å²) in [7, 11) is 0. The summed E-state index contributed by atoms with van der Waals surface area (Å²) in [6.45, 7) is 12.7. The Morgan fingerprint density at radius 2 is 1.68 bits per heavy atom. The van der Waals surface area contributed by atoms with Crippen molar-refractivity contribution >= 4 is 24.0 Å². The minimum absolute atomic E-state index is 0.0681. The standard InChI is InChI=1S/C28H40N4O6/c1-6-13-20(7-2)19-37-26(35)30-17-12-11-16-22(24(29)33)31-25(34)23(18-21-14-9-8-10-15-21)32-27(36)38-28(3,4)5/h6-10,13-15,22-23H,1-2,11-12,16-19H2,3-5H3,(H2,29,33)(H,30,35)(H,31,34)(H,32,36)/b20-13+/t22-,23-/m0/s1. The van der Waals surface area contributed by atoms with Crippen molar-refractivity contribution in [3.8, 4) is 0 Å². The Balaban J connectivity index is 2.64. The number of alkyl carbamates (subject to hydrolysis) is 2. The lowest BCUT2D eigenvalue weighted by Gasteiger charge is -2.25. The monoisotopic (exact) mass is 528 g/mol. The second kappa shape index (κ2) is 16.6. The van der Waals surface area contributed by atoms with Gasteiger partial charge < -0.3 is 31.2 Å². The van der Waals surface area contributed by atoms with Gasteiger partial charge in [0.15, 0.2) is 0 Å². The van der Waals surface area contributed by atoms with Crippen LogP contribution >= 0.6 is 0 Å². The van der Waals surface area contributed by atoms with Gasteiger partial charge in [0.2, 0.25) is 11.8 Å². The number of carbonyl (C=O) groups is 4. The first-order chi connectivity index (χ1) is 17.9. The van der Waals surface area contributed by atoms with E-state index in [0.717, 1.165) is 5.56 Å². The Morgan fingerprint density at radius 1 is 1.00 bits per heavy atom. The number of allylic oxidation sites excluding steroid dienone is 2. The minimum atomic E-state index is -0.985. The molecule has 0 bridgehead atoms. The third-order valence-corrected chi connectivity index (χ3v) is 5.10. The summed E-state index contributed by atoms with van der Waals surface area (Å²) >= 11 is 0. The molecule has 0 spiro atoms. The lowest BCUT2D eigenvalue weighted by molar-refractivity contribution is -0.128. The fraction of sp³-hybridized carbons (Fsp3) is 0.429. The quantitative estimate of drug-likeness (QED) is 0.203. The van der Waals surface area contributed by atoms with Crippen molar-refractivity contribution in [2.75, 3.05) is 13.2 Å². The highest BCUT2D eigenvalue weighted by Gasteiger charge is 2.27. The maximum Gasteiger partial charge on any atom is 0.408 e. The topological polar surface area (TPSA) is 149 Å². The first-order valence-corrected chi connectivity index (χ1v) is 12.4. The molecule has 0 fully saturated rings. The number of amides is 4. The van der Waals surface area contributed by atoms with Gasteiger partial charge in [-0.25, -0.2) is 9.59 Å². The normalized spacial score (nSPS) is 12.9. The van der Waals surface area contributed by atoms with Gasteiger partial charge in [0, 0.05) is 13.0 Å². The zero-order valence-corrected chi connectivity index (χ0v) is 22.5. The van der Waals surface area contributed by atoms with Gasteiger partial charge in [0.25, 0.3) is 0 Å². The predicted octanol–water partition coefficient (Wildman–Crippen LogP) is 3.29. The summed E-state index contributed by atoms with van der Waals surface area (Å²) in [6.07, 6.45) is 4.96. The Hall–Kier alpha value is -4.08. The summed E-state index contributed by atoms with van der Waals surface area (Å²) < 4.78 is 10.4. The maximum atomic E-state index is 13.1. The Bertz CT molecular complexity index is 985. The number of ether oxygens (including phenoxy) is 2. The molecule has 0 aliphatic carbocycles. The first kappa shape index (κ1) is 31.9. The van der Waals surface area contributed by atoms with Crippen molar-refractivity contribution in [1.82, 2.24) is 16.0 Å². The molecule has 0 saturated carbocycles. The minimum Gasteiger partial charge on any atom is -0.445 e. The van der Waals surface area contributed by atoms with Crippen molar-refractivity contribution < 1.29 is 28.7 Å². The predicted molar refractivity (Wildman–Crippen MR) is 146 cm³/mol. The van der Waals surface area contributed by atoms with Gasteiger partial charge in [0.05, 0.1) is 0 Å². The number of benzene rings is 1. The van der Waals surface area contributed by atoms with Gasteiger partial charge in [0.1, 0.15) is 24.3 Å². The van der Waals surface area contributed by atoms with E-state index in [-0.39, 0.29) is 19.4 Å². The summed E-state index contributed by atoms with van der Waals surface area (Å²) in [4.78, 5) is 49.2. The van der Waals surface area contributed by atoms with E-state index in [1.54, 1.807) is 39.0 Å². The van der Waals surface area contributed by atoms with E-state index in [9.17, 15) is 19.2 Å². The SMILES string of the molecule is C=C/C=C(\C=C)COC(=O)NCCCC[C@H](NC(=O)[C@H](Cc1ccccc1)NC(=O)OC(C)(C)C)C(N)=O. The van der Waals surface area contributed by atoms with Gasteiger partial charge in [-0.1, -0.05) is 61.7 Å². The lowest BCUT2D eigenvalue weighted by Crippen LogP contribution is -2.54. The number of unbranched alkanes of at least 4 members (excludes halogenated alkanes) is 1. The summed E-state index contributed by atoms with van der Waals surface area (Å²) in [5.74, 6) is -1.26. The molecule has 0 unspecified atom stereocenters. The number of primary amides is 1.